The molecule has 0 fully saturated rings. The third-order valence-corrected chi connectivity index (χ3v) is 5.04. The van der Waals surface area contributed by atoms with Crippen LogP contribution in [-0.2, 0) is 11.3 Å². The summed E-state index contributed by atoms with van der Waals surface area (Å²) in [6, 6.07) is 4.22. The Kier molecular flexibility index (Phi) is 4.37. The maximum atomic E-state index is 12.4. The molecule has 0 aromatic carbocycles. The van der Waals surface area contributed by atoms with Crippen LogP contribution in [0.3, 0.4) is 0 Å². The number of aryl methyl sites for hydroxylation is 2. The van der Waals surface area contributed by atoms with Crippen LogP contribution in [0, 0.1) is 20.8 Å². The number of hydrogen-bond acceptors (Lipinski definition) is 4. The second-order valence-corrected chi connectivity index (χ2v) is 6.69. The summed E-state index contributed by atoms with van der Waals surface area (Å²) in [5.41, 5.74) is 8.17. The number of nitrogen functional groups attached to an aromatic ring is 1. The molecule has 6 heteroatoms. The molecular formula is C15H22N4OS. The van der Waals surface area contributed by atoms with Crippen LogP contribution in [0.15, 0.2) is 12.1 Å². The monoisotopic (exact) mass is 306 g/mol. The van der Waals surface area contributed by atoms with Gasteiger partial charge in [-0.15, -0.1) is 11.3 Å². The van der Waals surface area contributed by atoms with Crippen molar-refractivity contribution in [2.75, 3.05) is 12.8 Å². The maximum absolute atomic E-state index is 12.4. The van der Waals surface area contributed by atoms with Crippen LogP contribution in [0.4, 0.5) is 5.69 Å². The lowest BCUT2D eigenvalue weighted by atomic mass is 10.2. The van der Waals surface area contributed by atoms with Gasteiger partial charge in [0.25, 0.3) is 0 Å². The van der Waals surface area contributed by atoms with Gasteiger partial charge in [0.2, 0.25) is 5.91 Å². The molecule has 0 aliphatic carbocycles. The SMILES string of the molecule is Cc1ccc(C(C)N(C)C(=O)Cn2nc(C)c(N)c2C)s1. The maximum Gasteiger partial charge on any atom is 0.244 e. The molecule has 21 heavy (non-hydrogen) atoms. The molecule has 0 spiro atoms. The van der Waals surface area contributed by atoms with Crippen molar-refractivity contribution in [3.63, 3.8) is 0 Å². The van der Waals surface area contributed by atoms with E-state index in [0.717, 1.165) is 11.4 Å². The molecule has 2 rings (SSSR count). The summed E-state index contributed by atoms with van der Waals surface area (Å²) < 4.78 is 1.68. The van der Waals surface area contributed by atoms with Crippen LogP contribution in [0.1, 0.15) is 34.1 Å². The first-order valence-corrected chi connectivity index (χ1v) is 7.74. The van der Waals surface area contributed by atoms with Crippen molar-refractivity contribution in [1.29, 1.82) is 0 Å². The van der Waals surface area contributed by atoms with Crippen molar-refractivity contribution in [3.05, 3.63) is 33.3 Å². The summed E-state index contributed by atoms with van der Waals surface area (Å²) in [6.07, 6.45) is 0. The molecule has 0 radical (unpaired) electrons. The zero-order valence-electron chi connectivity index (χ0n) is 13.2. The lowest BCUT2D eigenvalue weighted by Crippen LogP contribution is -2.32. The van der Waals surface area contributed by atoms with E-state index < -0.39 is 0 Å². The number of anilines is 1. The number of carbonyl (C=O) groups excluding carboxylic acids is 1. The summed E-state index contributed by atoms with van der Waals surface area (Å²) in [5.74, 6) is 0.0270. The van der Waals surface area contributed by atoms with Gasteiger partial charge in [0.1, 0.15) is 6.54 Å². The van der Waals surface area contributed by atoms with Gasteiger partial charge in [-0.2, -0.15) is 5.10 Å². The van der Waals surface area contributed by atoms with E-state index in [1.165, 1.54) is 9.75 Å². The van der Waals surface area contributed by atoms with E-state index in [0.29, 0.717) is 5.69 Å². The second kappa shape index (κ2) is 5.89. The van der Waals surface area contributed by atoms with E-state index in [-0.39, 0.29) is 18.5 Å². The number of carbonyl (C=O) groups is 1. The standard InChI is InChI=1S/C15H22N4OS/c1-9-6-7-13(21-9)11(3)18(5)14(20)8-19-12(4)15(16)10(2)17-19/h6-7,11H,8,16H2,1-5H3. The van der Waals surface area contributed by atoms with Gasteiger partial charge in [-0.05, 0) is 39.8 Å². The predicted octanol–water partition coefficient (Wildman–Crippen LogP) is 2.67. The molecule has 1 amide bonds. The van der Waals surface area contributed by atoms with Gasteiger partial charge < -0.3 is 10.6 Å². The third-order valence-electron chi connectivity index (χ3n) is 3.87. The van der Waals surface area contributed by atoms with Crippen LogP contribution in [-0.4, -0.2) is 27.6 Å². The molecule has 1 atom stereocenters. The van der Waals surface area contributed by atoms with Gasteiger partial charge in [0, 0.05) is 16.8 Å². The van der Waals surface area contributed by atoms with Gasteiger partial charge in [0.15, 0.2) is 0 Å². The van der Waals surface area contributed by atoms with E-state index in [1.54, 1.807) is 20.9 Å². The van der Waals surface area contributed by atoms with Crippen molar-refractivity contribution in [3.8, 4) is 0 Å². The van der Waals surface area contributed by atoms with Crippen LogP contribution in [0.5, 0.6) is 0 Å². The Labute approximate surface area is 129 Å². The van der Waals surface area contributed by atoms with Gasteiger partial charge in [-0.3, -0.25) is 9.48 Å². The minimum atomic E-state index is 0.0270. The summed E-state index contributed by atoms with van der Waals surface area (Å²) >= 11 is 1.72. The molecule has 2 aromatic heterocycles. The van der Waals surface area contributed by atoms with Crippen molar-refractivity contribution < 1.29 is 4.79 Å². The summed E-state index contributed by atoms with van der Waals surface area (Å²) in [5, 5.41) is 4.32. The summed E-state index contributed by atoms with van der Waals surface area (Å²) in [7, 11) is 1.83. The Morgan fingerprint density at radius 3 is 2.57 bits per heavy atom. The summed E-state index contributed by atoms with van der Waals surface area (Å²) in [4.78, 5) is 16.6. The topological polar surface area (TPSA) is 64.2 Å². The Bertz CT molecular complexity index is 659. The molecule has 5 nitrogen and oxygen atoms in total. The lowest BCUT2D eigenvalue weighted by Gasteiger charge is -2.24. The molecular weight excluding hydrogens is 284 g/mol. The number of likely N-dealkylation sites (N-methyl/N-ethyl adjacent to an activating group) is 1. The summed E-state index contributed by atoms with van der Waals surface area (Å²) in [6.45, 7) is 8.06. The molecule has 0 aliphatic rings. The Balaban J connectivity index is 2.10. The Morgan fingerprint density at radius 2 is 2.10 bits per heavy atom. The number of nitrogens with zero attached hydrogens (tertiary/aromatic N) is 3. The average molecular weight is 306 g/mol. The molecule has 1 unspecified atom stereocenters. The number of aromatic nitrogens is 2. The first-order chi connectivity index (χ1) is 9.81. The lowest BCUT2D eigenvalue weighted by molar-refractivity contribution is -0.132. The Morgan fingerprint density at radius 1 is 1.43 bits per heavy atom. The minimum absolute atomic E-state index is 0.0270. The molecule has 2 heterocycles. The second-order valence-electron chi connectivity index (χ2n) is 5.37. The Hall–Kier alpha value is -1.82. The molecule has 0 bridgehead atoms. The van der Waals surface area contributed by atoms with E-state index in [2.05, 4.69) is 24.2 Å². The van der Waals surface area contributed by atoms with Crippen molar-refractivity contribution in [2.45, 2.75) is 40.3 Å². The number of rotatable bonds is 4. The molecule has 114 valence electrons. The zero-order chi connectivity index (χ0) is 15.7. The molecule has 0 saturated heterocycles. The highest BCUT2D eigenvalue weighted by Gasteiger charge is 2.20. The third kappa shape index (κ3) is 3.10. The smallest absolute Gasteiger partial charge is 0.244 e. The van der Waals surface area contributed by atoms with Crippen LogP contribution in [0.25, 0.3) is 0 Å². The van der Waals surface area contributed by atoms with Gasteiger partial charge in [-0.1, -0.05) is 0 Å². The molecule has 0 aliphatic heterocycles. The highest BCUT2D eigenvalue weighted by Crippen LogP contribution is 2.26. The number of thiophene rings is 1. The molecule has 2 aromatic rings. The largest absolute Gasteiger partial charge is 0.396 e. The highest BCUT2D eigenvalue weighted by atomic mass is 32.1. The van der Waals surface area contributed by atoms with E-state index in [1.807, 2.05) is 27.8 Å². The first kappa shape index (κ1) is 15.6. The molecule has 0 saturated carbocycles. The predicted molar refractivity (Wildman–Crippen MR) is 86.4 cm³/mol. The number of hydrogen-bond donors (Lipinski definition) is 1. The first-order valence-electron chi connectivity index (χ1n) is 6.92. The van der Waals surface area contributed by atoms with Gasteiger partial charge in [0.05, 0.1) is 23.1 Å². The van der Waals surface area contributed by atoms with Crippen molar-refractivity contribution in [1.82, 2.24) is 14.7 Å². The average Bonchev–Trinajstić information content (AvgIpc) is 2.97. The van der Waals surface area contributed by atoms with Gasteiger partial charge in [-0.25, -0.2) is 0 Å². The van der Waals surface area contributed by atoms with E-state index in [4.69, 9.17) is 5.73 Å². The highest BCUT2D eigenvalue weighted by molar-refractivity contribution is 7.12. The number of amides is 1. The van der Waals surface area contributed by atoms with E-state index in [9.17, 15) is 4.79 Å². The quantitative estimate of drug-likeness (QED) is 0.944. The normalized spacial score (nSPS) is 12.4. The van der Waals surface area contributed by atoms with Crippen LogP contribution < -0.4 is 5.73 Å². The van der Waals surface area contributed by atoms with Crippen molar-refractivity contribution in [2.24, 2.45) is 0 Å². The number of nitrogens with two attached hydrogens (primary N) is 1. The van der Waals surface area contributed by atoms with Crippen molar-refractivity contribution >= 4 is 22.9 Å². The van der Waals surface area contributed by atoms with Crippen LogP contribution >= 0.6 is 11.3 Å². The fourth-order valence-electron chi connectivity index (χ4n) is 2.19. The van der Waals surface area contributed by atoms with E-state index >= 15 is 0 Å². The fourth-order valence-corrected chi connectivity index (χ4v) is 3.16. The molecule has 2 N–H and O–H groups in total. The van der Waals surface area contributed by atoms with Gasteiger partial charge >= 0.3 is 0 Å². The minimum Gasteiger partial charge on any atom is -0.396 e. The zero-order valence-corrected chi connectivity index (χ0v) is 14.0. The van der Waals surface area contributed by atoms with Crippen LogP contribution in [0.2, 0.25) is 0 Å². The fraction of sp³-hybridized carbons (Fsp3) is 0.467.